The van der Waals surface area contributed by atoms with E-state index in [1.165, 1.54) is 29.2 Å². The zero-order valence-corrected chi connectivity index (χ0v) is 22.0. The van der Waals surface area contributed by atoms with E-state index in [-0.39, 0.29) is 36.9 Å². The lowest BCUT2D eigenvalue weighted by Crippen LogP contribution is -2.47. The summed E-state index contributed by atoms with van der Waals surface area (Å²) < 4.78 is 54.2. The molecule has 7 nitrogen and oxygen atoms in total. The van der Waals surface area contributed by atoms with Crippen molar-refractivity contribution in [2.75, 3.05) is 36.6 Å². The van der Waals surface area contributed by atoms with Crippen molar-refractivity contribution >= 4 is 23.4 Å². The van der Waals surface area contributed by atoms with Crippen LogP contribution < -0.4 is 19.3 Å². The van der Waals surface area contributed by atoms with Gasteiger partial charge in [0.15, 0.2) is 0 Å². The standard InChI is InChI=1S/C30H28F3N3O4/c1-39-22-5-2-20(3-6-22)17-36-28(38)11-7-23-27(10-8-24(32)29(23)36)40-18-30(34-19-37)12-14-35(15-13-30)26-9-4-21(31)16-25(26)33/h2-6,8-10,16H,7,11-15,17-18H2,1H3. The normalized spacial score (nSPS) is 16.2. The van der Waals surface area contributed by atoms with Crippen LogP contribution in [0, 0.1) is 17.5 Å². The van der Waals surface area contributed by atoms with Crippen LogP contribution in [0.5, 0.6) is 11.5 Å². The molecule has 0 saturated carbocycles. The van der Waals surface area contributed by atoms with Crippen molar-refractivity contribution in [2.45, 2.75) is 37.8 Å². The largest absolute Gasteiger partial charge is 0.497 e. The van der Waals surface area contributed by atoms with Crippen molar-refractivity contribution in [1.29, 1.82) is 0 Å². The third-order valence-electron chi connectivity index (χ3n) is 7.57. The second-order valence-corrected chi connectivity index (χ2v) is 10.00. The molecule has 40 heavy (non-hydrogen) atoms. The summed E-state index contributed by atoms with van der Waals surface area (Å²) in [5, 5.41) is 0. The number of rotatable bonds is 8. The van der Waals surface area contributed by atoms with Gasteiger partial charge in [0.05, 0.1) is 25.0 Å². The first-order valence-electron chi connectivity index (χ1n) is 13.0. The van der Waals surface area contributed by atoms with Crippen molar-refractivity contribution in [3.05, 3.63) is 83.2 Å². The highest BCUT2D eigenvalue weighted by Gasteiger charge is 2.37. The summed E-state index contributed by atoms with van der Waals surface area (Å²) >= 11 is 0. The molecule has 0 bridgehead atoms. The topological polar surface area (TPSA) is 71.4 Å². The van der Waals surface area contributed by atoms with Gasteiger partial charge in [-0.3, -0.25) is 4.79 Å². The van der Waals surface area contributed by atoms with Crippen LogP contribution in [0.3, 0.4) is 0 Å². The maximum atomic E-state index is 15.2. The highest BCUT2D eigenvalue weighted by Crippen LogP contribution is 2.39. The second kappa shape index (κ2) is 11.4. The van der Waals surface area contributed by atoms with Gasteiger partial charge in [0.1, 0.15) is 41.1 Å². The Bertz CT molecular complexity index is 1450. The molecule has 0 spiro atoms. The van der Waals surface area contributed by atoms with Gasteiger partial charge in [-0.15, -0.1) is 0 Å². The van der Waals surface area contributed by atoms with Gasteiger partial charge >= 0.3 is 0 Å². The van der Waals surface area contributed by atoms with Crippen molar-refractivity contribution < 1.29 is 32.2 Å². The number of carbonyl (C=O) groups is 1. The fraction of sp³-hybridized carbons (Fsp3) is 0.333. The Morgan fingerprint density at radius 1 is 0.975 bits per heavy atom. The lowest BCUT2D eigenvalue weighted by atomic mass is 9.88. The first kappa shape index (κ1) is 27.3. The monoisotopic (exact) mass is 551 g/mol. The molecule has 2 aliphatic heterocycles. The predicted octanol–water partition coefficient (Wildman–Crippen LogP) is 5.35. The summed E-state index contributed by atoms with van der Waals surface area (Å²) in [6, 6.07) is 13.4. The summed E-state index contributed by atoms with van der Waals surface area (Å²) in [5.74, 6) is -0.943. The van der Waals surface area contributed by atoms with E-state index in [1.807, 2.05) is 12.1 Å². The van der Waals surface area contributed by atoms with Crippen LogP contribution in [0.4, 0.5) is 24.5 Å². The van der Waals surface area contributed by atoms with Gasteiger partial charge in [0.2, 0.25) is 12.0 Å². The molecule has 3 aromatic rings. The van der Waals surface area contributed by atoms with Gasteiger partial charge in [-0.2, -0.15) is 4.99 Å². The van der Waals surface area contributed by atoms with E-state index in [1.54, 1.807) is 30.2 Å². The van der Waals surface area contributed by atoms with Crippen LogP contribution in [0.1, 0.15) is 30.4 Å². The Labute approximate surface area is 229 Å². The number of carbonyl (C=O) groups excluding carboxylic acids is 2. The molecule has 208 valence electrons. The van der Waals surface area contributed by atoms with Crippen LogP contribution in [0.15, 0.2) is 59.6 Å². The van der Waals surface area contributed by atoms with Gasteiger partial charge in [-0.1, -0.05) is 12.1 Å². The van der Waals surface area contributed by atoms with Crippen LogP contribution in [-0.2, 0) is 22.6 Å². The molecule has 0 unspecified atom stereocenters. The Balaban J connectivity index is 1.34. The van der Waals surface area contributed by atoms with E-state index in [0.29, 0.717) is 49.4 Å². The van der Waals surface area contributed by atoms with Crippen molar-refractivity contribution in [1.82, 2.24) is 0 Å². The fourth-order valence-corrected chi connectivity index (χ4v) is 5.33. The maximum Gasteiger partial charge on any atom is 0.235 e. The molecule has 0 radical (unpaired) electrons. The SMILES string of the molecule is COc1ccc(CN2C(=O)CCc3c(OCC4(N=C=O)CCN(c5ccc(F)cc5F)CC4)ccc(F)c32)cc1. The molecule has 0 N–H and O–H groups in total. The molecular weight excluding hydrogens is 523 g/mol. The molecule has 1 amide bonds. The smallest absolute Gasteiger partial charge is 0.235 e. The zero-order valence-electron chi connectivity index (χ0n) is 22.0. The minimum absolute atomic E-state index is 0.0203. The number of amides is 1. The number of piperidine rings is 1. The molecule has 0 aromatic heterocycles. The Morgan fingerprint density at radius 2 is 1.73 bits per heavy atom. The van der Waals surface area contributed by atoms with Gasteiger partial charge in [-0.05, 0) is 61.2 Å². The molecule has 10 heteroatoms. The molecule has 2 heterocycles. The van der Waals surface area contributed by atoms with Gasteiger partial charge < -0.3 is 19.3 Å². The molecule has 0 aliphatic carbocycles. The van der Waals surface area contributed by atoms with Crippen molar-refractivity contribution in [3.8, 4) is 11.5 Å². The first-order valence-corrected chi connectivity index (χ1v) is 13.0. The number of benzene rings is 3. The van der Waals surface area contributed by atoms with E-state index < -0.39 is 23.0 Å². The molecule has 2 aliphatic rings. The molecule has 0 atom stereocenters. The number of nitrogens with zero attached hydrogens (tertiary/aromatic N) is 3. The quantitative estimate of drug-likeness (QED) is 0.279. The van der Waals surface area contributed by atoms with Gasteiger partial charge in [0.25, 0.3) is 0 Å². The average molecular weight is 552 g/mol. The van der Waals surface area contributed by atoms with Crippen molar-refractivity contribution in [3.63, 3.8) is 0 Å². The van der Waals surface area contributed by atoms with Gasteiger partial charge in [-0.25, -0.2) is 18.0 Å². The van der Waals surface area contributed by atoms with Crippen LogP contribution in [-0.4, -0.2) is 44.3 Å². The number of anilines is 2. The lowest BCUT2D eigenvalue weighted by Gasteiger charge is -2.39. The van der Waals surface area contributed by atoms with E-state index in [0.717, 1.165) is 11.6 Å². The van der Waals surface area contributed by atoms with Crippen LogP contribution in [0.25, 0.3) is 0 Å². The minimum Gasteiger partial charge on any atom is -0.497 e. The molecule has 1 fully saturated rings. The number of ether oxygens (including phenoxy) is 2. The molecular formula is C30H28F3N3O4. The second-order valence-electron chi connectivity index (χ2n) is 10.00. The summed E-state index contributed by atoms with van der Waals surface area (Å²) in [7, 11) is 1.57. The van der Waals surface area contributed by atoms with E-state index in [2.05, 4.69) is 4.99 Å². The number of hydrogen-bond acceptors (Lipinski definition) is 6. The summed E-state index contributed by atoms with van der Waals surface area (Å²) in [4.78, 5) is 31.5. The third-order valence-corrected chi connectivity index (χ3v) is 7.57. The summed E-state index contributed by atoms with van der Waals surface area (Å²) in [5.41, 5.74) is 0.934. The van der Waals surface area contributed by atoms with E-state index in [9.17, 15) is 18.4 Å². The van der Waals surface area contributed by atoms with Crippen LogP contribution >= 0.6 is 0 Å². The predicted molar refractivity (Wildman–Crippen MR) is 143 cm³/mol. The first-order chi connectivity index (χ1) is 19.3. The van der Waals surface area contributed by atoms with Crippen molar-refractivity contribution in [2.24, 2.45) is 4.99 Å². The number of hydrogen-bond donors (Lipinski definition) is 0. The summed E-state index contributed by atoms with van der Waals surface area (Å²) in [6.07, 6.45) is 2.87. The van der Waals surface area contributed by atoms with Crippen LogP contribution in [0.2, 0.25) is 0 Å². The Morgan fingerprint density at radius 3 is 2.40 bits per heavy atom. The molecule has 3 aromatic carbocycles. The summed E-state index contributed by atoms with van der Waals surface area (Å²) in [6.45, 7) is 0.934. The Hall–Kier alpha value is -4.30. The number of fused-ring (bicyclic) bond motifs is 1. The third kappa shape index (κ3) is 5.53. The highest BCUT2D eigenvalue weighted by atomic mass is 19.1. The lowest BCUT2D eigenvalue weighted by molar-refractivity contribution is -0.119. The highest BCUT2D eigenvalue weighted by molar-refractivity contribution is 5.97. The maximum absolute atomic E-state index is 15.2. The van der Waals surface area contributed by atoms with Gasteiger partial charge in [0, 0.05) is 31.1 Å². The fourth-order valence-electron chi connectivity index (χ4n) is 5.33. The van der Waals surface area contributed by atoms with E-state index in [4.69, 9.17) is 9.47 Å². The minimum atomic E-state index is -0.913. The van der Waals surface area contributed by atoms with E-state index >= 15 is 4.39 Å². The number of halogens is 3. The average Bonchev–Trinajstić information content (AvgIpc) is 2.95. The number of methoxy groups -OCH3 is 1. The molecule has 5 rings (SSSR count). The number of isocyanates is 1. The number of aliphatic imine (C=N–C) groups is 1. The molecule has 1 saturated heterocycles. The Kier molecular flexibility index (Phi) is 7.80. The zero-order chi connectivity index (χ0) is 28.3.